The summed E-state index contributed by atoms with van der Waals surface area (Å²) in [6.45, 7) is 1.70. The Morgan fingerprint density at radius 3 is 3.22 bits per heavy atom. The Bertz CT molecular complexity index is 534. The Morgan fingerprint density at radius 2 is 2.39 bits per heavy atom. The average molecular weight is 263 g/mol. The number of nitrogens with one attached hydrogen (secondary N) is 1. The van der Waals surface area contributed by atoms with Crippen LogP contribution in [0.15, 0.2) is 17.6 Å². The highest BCUT2D eigenvalue weighted by Gasteiger charge is 2.14. The number of nitrogen functional groups attached to an aromatic ring is 1. The molecule has 4 nitrogen and oxygen atoms in total. The van der Waals surface area contributed by atoms with Crippen LogP contribution in [0, 0.1) is 0 Å². The second-order valence-corrected chi connectivity index (χ2v) is 5.48. The third kappa shape index (κ3) is 2.28. The number of benzene rings is 1. The Hall–Kier alpha value is -1.33. The van der Waals surface area contributed by atoms with Gasteiger partial charge in [0.2, 0.25) is 0 Å². The third-order valence-electron chi connectivity index (χ3n) is 3.34. The maximum atomic E-state index is 6.12. The van der Waals surface area contributed by atoms with Gasteiger partial charge in [-0.2, -0.15) is 0 Å². The van der Waals surface area contributed by atoms with Crippen molar-refractivity contribution in [2.24, 2.45) is 0 Å². The molecule has 0 amide bonds. The number of hydrogen-bond acceptors (Lipinski definition) is 5. The van der Waals surface area contributed by atoms with Gasteiger partial charge in [-0.1, -0.05) is 0 Å². The van der Waals surface area contributed by atoms with Gasteiger partial charge in [0.1, 0.15) is 5.52 Å². The van der Waals surface area contributed by atoms with Crippen LogP contribution in [0.5, 0.6) is 0 Å². The summed E-state index contributed by atoms with van der Waals surface area (Å²) < 4.78 is 6.83. The zero-order valence-electron chi connectivity index (χ0n) is 10.2. The first-order valence-electron chi connectivity index (χ1n) is 6.32. The van der Waals surface area contributed by atoms with Crippen molar-refractivity contribution in [2.45, 2.75) is 25.4 Å². The smallest absolute Gasteiger partial charge is 0.106 e. The Balaban J connectivity index is 1.71. The second-order valence-electron chi connectivity index (χ2n) is 4.60. The molecule has 0 radical (unpaired) electrons. The van der Waals surface area contributed by atoms with Gasteiger partial charge >= 0.3 is 0 Å². The summed E-state index contributed by atoms with van der Waals surface area (Å²) >= 11 is 1.61. The van der Waals surface area contributed by atoms with Crippen molar-refractivity contribution in [3.8, 4) is 0 Å². The maximum absolute atomic E-state index is 6.12. The summed E-state index contributed by atoms with van der Waals surface area (Å²) in [6, 6.07) is 4.09. The molecule has 1 fully saturated rings. The van der Waals surface area contributed by atoms with Gasteiger partial charge in [0, 0.05) is 13.2 Å². The molecule has 96 valence electrons. The Kier molecular flexibility index (Phi) is 3.34. The highest BCUT2D eigenvalue weighted by Crippen LogP contribution is 2.30. The van der Waals surface area contributed by atoms with Crippen molar-refractivity contribution >= 4 is 32.9 Å². The van der Waals surface area contributed by atoms with Crippen LogP contribution >= 0.6 is 11.3 Å². The summed E-state index contributed by atoms with van der Waals surface area (Å²) in [5.74, 6) is 0. The van der Waals surface area contributed by atoms with E-state index in [9.17, 15) is 0 Å². The molecule has 3 rings (SSSR count). The van der Waals surface area contributed by atoms with Gasteiger partial charge in [0.05, 0.1) is 27.7 Å². The van der Waals surface area contributed by atoms with Crippen molar-refractivity contribution < 1.29 is 4.74 Å². The fraction of sp³-hybridized carbons (Fsp3) is 0.462. The number of hydrogen-bond donors (Lipinski definition) is 2. The normalized spacial score (nSPS) is 20.1. The number of ether oxygens (including phenoxy) is 1. The van der Waals surface area contributed by atoms with E-state index in [1.165, 1.54) is 12.8 Å². The molecule has 2 aromatic rings. The molecule has 5 heteroatoms. The van der Waals surface area contributed by atoms with Gasteiger partial charge in [0.15, 0.2) is 0 Å². The summed E-state index contributed by atoms with van der Waals surface area (Å²) in [4.78, 5) is 4.30. The zero-order chi connectivity index (χ0) is 12.4. The van der Waals surface area contributed by atoms with Crippen LogP contribution in [0.4, 0.5) is 11.4 Å². The van der Waals surface area contributed by atoms with Crippen LogP contribution in [0.25, 0.3) is 10.2 Å². The standard InChI is InChI=1S/C13H17N3OS/c14-12-10(4-5-11-13(12)16-8-18-11)15-7-9-3-1-2-6-17-9/h4-5,8-9,15H,1-3,6-7,14H2. The Morgan fingerprint density at radius 1 is 1.44 bits per heavy atom. The molecule has 1 aromatic heterocycles. The van der Waals surface area contributed by atoms with Gasteiger partial charge in [-0.25, -0.2) is 4.98 Å². The minimum atomic E-state index is 0.310. The molecule has 3 N–H and O–H groups in total. The molecular weight excluding hydrogens is 246 g/mol. The van der Waals surface area contributed by atoms with Crippen LogP contribution in [-0.2, 0) is 4.74 Å². The first-order chi connectivity index (χ1) is 8.84. The lowest BCUT2D eigenvalue weighted by atomic mass is 10.1. The fourth-order valence-electron chi connectivity index (χ4n) is 2.30. The van der Waals surface area contributed by atoms with E-state index in [-0.39, 0.29) is 0 Å². The zero-order valence-corrected chi connectivity index (χ0v) is 11.0. The largest absolute Gasteiger partial charge is 0.395 e. The molecule has 1 aliphatic rings. The van der Waals surface area contributed by atoms with Gasteiger partial charge in [-0.15, -0.1) is 11.3 Å². The minimum Gasteiger partial charge on any atom is -0.395 e. The van der Waals surface area contributed by atoms with Crippen molar-refractivity contribution in [3.63, 3.8) is 0 Å². The van der Waals surface area contributed by atoms with E-state index >= 15 is 0 Å². The van der Waals surface area contributed by atoms with Gasteiger partial charge < -0.3 is 15.8 Å². The minimum absolute atomic E-state index is 0.310. The molecule has 0 saturated carbocycles. The van der Waals surface area contributed by atoms with Crippen LogP contribution in [0.1, 0.15) is 19.3 Å². The van der Waals surface area contributed by atoms with Gasteiger partial charge in [-0.3, -0.25) is 0 Å². The van der Waals surface area contributed by atoms with Crippen molar-refractivity contribution in [1.82, 2.24) is 4.98 Å². The van der Waals surface area contributed by atoms with Gasteiger partial charge in [-0.05, 0) is 31.4 Å². The van der Waals surface area contributed by atoms with Crippen molar-refractivity contribution in [2.75, 3.05) is 24.2 Å². The molecule has 1 saturated heterocycles. The van der Waals surface area contributed by atoms with Crippen LogP contribution in [-0.4, -0.2) is 24.2 Å². The van der Waals surface area contributed by atoms with E-state index in [1.807, 2.05) is 11.6 Å². The highest BCUT2D eigenvalue weighted by molar-refractivity contribution is 7.16. The van der Waals surface area contributed by atoms with Gasteiger partial charge in [0.25, 0.3) is 0 Å². The number of nitrogens with zero attached hydrogens (tertiary/aromatic N) is 1. The molecule has 0 aliphatic carbocycles. The lowest BCUT2D eigenvalue weighted by Crippen LogP contribution is -2.27. The van der Waals surface area contributed by atoms with E-state index in [0.29, 0.717) is 6.10 Å². The lowest BCUT2D eigenvalue weighted by Gasteiger charge is -2.23. The molecule has 18 heavy (non-hydrogen) atoms. The number of aromatic nitrogens is 1. The van der Waals surface area contributed by atoms with E-state index in [2.05, 4.69) is 16.4 Å². The number of fused-ring (bicyclic) bond motifs is 1. The van der Waals surface area contributed by atoms with E-state index in [0.717, 1.165) is 41.2 Å². The van der Waals surface area contributed by atoms with E-state index in [1.54, 1.807) is 11.3 Å². The summed E-state index contributed by atoms with van der Waals surface area (Å²) in [6.07, 6.45) is 3.88. The number of anilines is 2. The molecule has 2 heterocycles. The monoisotopic (exact) mass is 263 g/mol. The number of rotatable bonds is 3. The number of thiazole rings is 1. The molecule has 0 spiro atoms. The summed E-state index contributed by atoms with van der Waals surface area (Å²) in [7, 11) is 0. The predicted octanol–water partition coefficient (Wildman–Crippen LogP) is 2.86. The highest BCUT2D eigenvalue weighted by atomic mass is 32.1. The van der Waals surface area contributed by atoms with Crippen molar-refractivity contribution in [3.05, 3.63) is 17.6 Å². The first-order valence-corrected chi connectivity index (χ1v) is 7.20. The molecular formula is C13H17N3OS. The summed E-state index contributed by atoms with van der Waals surface area (Å²) in [5, 5.41) is 3.38. The summed E-state index contributed by atoms with van der Waals surface area (Å²) in [5.41, 5.74) is 10.5. The van der Waals surface area contributed by atoms with E-state index < -0.39 is 0 Å². The fourth-order valence-corrected chi connectivity index (χ4v) is 2.99. The van der Waals surface area contributed by atoms with E-state index in [4.69, 9.17) is 10.5 Å². The first kappa shape index (κ1) is 11.7. The topological polar surface area (TPSA) is 60.2 Å². The number of nitrogens with two attached hydrogens (primary N) is 1. The SMILES string of the molecule is Nc1c(NCC2CCCCO2)ccc2scnc12. The Labute approximate surface area is 110 Å². The predicted molar refractivity (Wildman–Crippen MR) is 76.1 cm³/mol. The average Bonchev–Trinajstić information content (AvgIpc) is 2.88. The van der Waals surface area contributed by atoms with Crippen LogP contribution in [0.2, 0.25) is 0 Å². The third-order valence-corrected chi connectivity index (χ3v) is 4.13. The quantitative estimate of drug-likeness (QED) is 0.836. The molecule has 1 atom stereocenters. The van der Waals surface area contributed by atoms with Crippen molar-refractivity contribution in [1.29, 1.82) is 0 Å². The molecule has 1 aromatic carbocycles. The maximum Gasteiger partial charge on any atom is 0.106 e. The van der Waals surface area contributed by atoms with Crippen LogP contribution in [0.3, 0.4) is 0 Å². The molecule has 1 aliphatic heterocycles. The van der Waals surface area contributed by atoms with Crippen LogP contribution < -0.4 is 11.1 Å². The lowest BCUT2D eigenvalue weighted by molar-refractivity contribution is 0.0248. The molecule has 0 bridgehead atoms. The molecule has 1 unspecified atom stereocenters. The second kappa shape index (κ2) is 5.12.